The summed E-state index contributed by atoms with van der Waals surface area (Å²) in [7, 11) is 1.56. The number of methoxy groups -OCH3 is 1. The summed E-state index contributed by atoms with van der Waals surface area (Å²) >= 11 is 1.33. The van der Waals surface area contributed by atoms with Gasteiger partial charge in [0.05, 0.1) is 19.4 Å². The van der Waals surface area contributed by atoms with Crippen LogP contribution in [0, 0.1) is 0 Å². The average Bonchev–Trinajstić information content (AvgIpc) is 3.25. The predicted octanol–water partition coefficient (Wildman–Crippen LogP) is 3.76. The van der Waals surface area contributed by atoms with Gasteiger partial charge in [0.15, 0.2) is 17.2 Å². The van der Waals surface area contributed by atoms with Crippen molar-refractivity contribution in [1.29, 1.82) is 0 Å². The summed E-state index contributed by atoms with van der Waals surface area (Å²) in [5.74, 6) is -1.04. The number of aromatic nitrogens is 2. The van der Waals surface area contributed by atoms with Gasteiger partial charge in [0, 0.05) is 11.1 Å². The third kappa shape index (κ3) is 3.35. The Bertz CT molecular complexity index is 959. The van der Waals surface area contributed by atoms with Crippen molar-refractivity contribution in [2.24, 2.45) is 0 Å². The maximum absolute atomic E-state index is 12.5. The highest BCUT2D eigenvalue weighted by Gasteiger charge is 2.31. The fraction of sp³-hybridized carbons (Fsp3) is 0.263. The summed E-state index contributed by atoms with van der Waals surface area (Å²) < 4.78 is 11.7. The number of carbonyl (C=O) groups excluding carboxylic acids is 1. The lowest BCUT2D eigenvalue weighted by Gasteiger charge is -2.12. The highest BCUT2D eigenvalue weighted by Crippen LogP contribution is 2.45. The summed E-state index contributed by atoms with van der Waals surface area (Å²) in [5.41, 5.74) is 1.50. The van der Waals surface area contributed by atoms with Crippen LogP contribution < -0.4 is 4.74 Å². The van der Waals surface area contributed by atoms with Crippen molar-refractivity contribution in [3.63, 3.8) is 0 Å². The number of benzene rings is 1. The van der Waals surface area contributed by atoms with E-state index >= 15 is 0 Å². The first-order valence-corrected chi connectivity index (χ1v) is 9.32. The first kappa shape index (κ1) is 18.8. The molecule has 0 spiro atoms. The van der Waals surface area contributed by atoms with Gasteiger partial charge in [-0.3, -0.25) is 4.57 Å². The molecule has 0 radical (unpaired) electrons. The molecule has 27 heavy (non-hydrogen) atoms. The minimum atomic E-state index is -0.736. The number of carbonyl (C=O) groups is 1. The first-order valence-electron chi connectivity index (χ1n) is 8.44. The van der Waals surface area contributed by atoms with E-state index in [0.717, 1.165) is 12.1 Å². The zero-order chi connectivity index (χ0) is 19.6. The number of hydrogen-bond acceptors (Lipinski definition) is 7. The van der Waals surface area contributed by atoms with Crippen LogP contribution in [0.1, 0.15) is 30.0 Å². The van der Waals surface area contributed by atoms with E-state index in [1.54, 1.807) is 38.3 Å². The molecule has 0 atom stereocenters. The van der Waals surface area contributed by atoms with E-state index in [1.165, 1.54) is 15.9 Å². The van der Waals surface area contributed by atoms with Gasteiger partial charge in [-0.05, 0) is 37.6 Å². The van der Waals surface area contributed by atoms with Crippen LogP contribution in [0.2, 0.25) is 0 Å². The standard InChI is InChI=1S/C19H20N2O5S/c1-4-11-10-27-18(20-11)14-16(22)17(23)15(19(24)26-5-2)21(14)12-6-8-13(25-3)9-7-12/h6-10,22-23H,4-5H2,1-3H3. The summed E-state index contributed by atoms with van der Waals surface area (Å²) in [5, 5.41) is 23.4. The van der Waals surface area contributed by atoms with Crippen molar-refractivity contribution in [3.8, 4) is 33.6 Å². The lowest BCUT2D eigenvalue weighted by molar-refractivity contribution is 0.0513. The van der Waals surface area contributed by atoms with Gasteiger partial charge in [-0.1, -0.05) is 6.92 Å². The largest absolute Gasteiger partial charge is 0.503 e. The summed E-state index contributed by atoms with van der Waals surface area (Å²) in [6.07, 6.45) is 0.733. The Hall–Kier alpha value is -3.00. The summed E-state index contributed by atoms with van der Waals surface area (Å²) in [6, 6.07) is 6.89. The van der Waals surface area contributed by atoms with E-state index < -0.39 is 17.5 Å². The second-order valence-corrected chi connectivity index (χ2v) is 6.50. The van der Waals surface area contributed by atoms with Gasteiger partial charge in [-0.15, -0.1) is 11.3 Å². The smallest absolute Gasteiger partial charge is 0.359 e. The molecule has 1 aromatic carbocycles. The van der Waals surface area contributed by atoms with E-state index in [2.05, 4.69) is 4.98 Å². The number of aromatic hydroxyl groups is 2. The molecule has 2 heterocycles. The molecule has 0 saturated heterocycles. The van der Waals surface area contributed by atoms with E-state index in [0.29, 0.717) is 16.4 Å². The first-order chi connectivity index (χ1) is 13.0. The van der Waals surface area contributed by atoms with Crippen molar-refractivity contribution in [2.75, 3.05) is 13.7 Å². The third-order valence-electron chi connectivity index (χ3n) is 4.04. The molecule has 0 fully saturated rings. The van der Waals surface area contributed by atoms with Crippen LogP contribution >= 0.6 is 11.3 Å². The number of esters is 1. The van der Waals surface area contributed by atoms with Gasteiger partial charge >= 0.3 is 5.97 Å². The van der Waals surface area contributed by atoms with Crippen molar-refractivity contribution in [1.82, 2.24) is 9.55 Å². The van der Waals surface area contributed by atoms with Crippen LogP contribution in [0.3, 0.4) is 0 Å². The SMILES string of the molecule is CCOC(=O)c1c(O)c(O)c(-c2nc(CC)cs2)n1-c1ccc(OC)cc1. The lowest BCUT2D eigenvalue weighted by atomic mass is 10.2. The van der Waals surface area contributed by atoms with Gasteiger partial charge in [-0.2, -0.15) is 0 Å². The van der Waals surface area contributed by atoms with E-state index in [9.17, 15) is 15.0 Å². The Morgan fingerprint density at radius 1 is 1.19 bits per heavy atom. The second-order valence-electron chi connectivity index (χ2n) is 5.65. The van der Waals surface area contributed by atoms with Gasteiger partial charge in [0.2, 0.25) is 0 Å². The quantitative estimate of drug-likeness (QED) is 0.625. The summed E-state index contributed by atoms with van der Waals surface area (Å²) in [4.78, 5) is 17.0. The molecular formula is C19H20N2O5S. The Morgan fingerprint density at radius 2 is 1.89 bits per heavy atom. The van der Waals surface area contributed by atoms with Crippen molar-refractivity contribution < 1.29 is 24.5 Å². The van der Waals surface area contributed by atoms with Crippen molar-refractivity contribution >= 4 is 17.3 Å². The molecule has 8 heteroatoms. The minimum Gasteiger partial charge on any atom is -0.503 e. The zero-order valence-corrected chi connectivity index (χ0v) is 16.0. The third-order valence-corrected chi connectivity index (χ3v) is 4.93. The molecule has 2 aromatic heterocycles. The van der Waals surface area contributed by atoms with Crippen LogP contribution in [0.5, 0.6) is 17.2 Å². The highest BCUT2D eigenvalue weighted by molar-refractivity contribution is 7.13. The minimum absolute atomic E-state index is 0.138. The van der Waals surface area contributed by atoms with Crippen LogP contribution in [0.15, 0.2) is 29.6 Å². The number of hydrogen-bond donors (Lipinski definition) is 2. The lowest BCUT2D eigenvalue weighted by Crippen LogP contribution is -2.12. The Balaban J connectivity index is 2.28. The molecule has 142 valence electrons. The van der Waals surface area contributed by atoms with Gasteiger partial charge < -0.3 is 19.7 Å². The van der Waals surface area contributed by atoms with E-state index in [-0.39, 0.29) is 18.0 Å². The van der Waals surface area contributed by atoms with Crippen molar-refractivity contribution in [3.05, 3.63) is 41.0 Å². The second kappa shape index (κ2) is 7.71. The molecule has 7 nitrogen and oxygen atoms in total. The predicted molar refractivity (Wildman–Crippen MR) is 102 cm³/mol. The topological polar surface area (TPSA) is 93.8 Å². The molecule has 0 saturated carbocycles. The molecule has 0 aliphatic rings. The molecule has 2 N–H and O–H groups in total. The fourth-order valence-electron chi connectivity index (χ4n) is 2.70. The van der Waals surface area contributed by atoms with E-state index in [4.69, 9.17) is 9.47 Å². The molecule has 3 aromatic rings. The van der Waals surface area contributed by atoms with Crippen LogP contribution in [-0.4, -0.2) is 39.5 Å². The Labute approximate surface area is 160 Å². The van der Waals surface area contributed by atoms with Gasteiger partial charge in [-0.25, -0.2) is 9.78 Å². The Kier molecular flexibility index (Phi) is 5.36. The van der Waals surface area contributed by atoms with Crippen LogP contribution in [0.4, 0.5) is 0 Å². The molecule has 0 aliphatic heterocycles. The maximum atomic E-state index is 12.5. The van der Waals surface area contributed by atoms with Gasteiger partial charge in [0.25, 0.3) is 0 Å². The molecule has 3 rings (SSSR count). The maximum Gasteiger partial charge on any atom is 0.359 e. The van der Waals surface area contributed by atoms with Crippen molar-refractivity contribution in [2.45, 2.75) is 20.3 Å². The molecular weight excluding hydrogens is 368 g/mol. The molecule has 0 amide bonds. The number of aryl methyl sites for hydroxylation is 1. The zero-order valence-electron chi connectivity index (χ0n) is 15.2. The highest BCUT2D eigenvalue weighted by atomic mass is 32.1. The normalized spacial score (nSPS) is 10.8. The van der Waals surface area contributed by atoms with Crippen LogP contribution in [-0.2, 0) is 11.2 Å². The number of thiazole rings is 1. The number of nitrogens with zero attached hydrogens (tertiary/aromatic N) is 2. The number of ether oxygens (including phenoxy) is 2. The van der Waals surface area contributed by atoms with Gasteiger partial charge in [0.1, 0.15) is 16.5 Å². The number of rotatable bonds is 6. The fourth-order valence-corrected chi connectivity index (χ4v) is 3.64. The monoisotopic (exact) mass is 388 g/mol. The molecule has 0 aliphatic carbocycles. The van der Waals surface area contributed by atoms with Crippen LogP contribution in [0.25, 0.3) is 16.4 Å². The van der Waals surface area contributed by atoms with E-state index in [1.807, 2.05) is 12.3 Å². The summed E-state index contributed by atoms with van der Waals surface area (Å²) in [6.45, 7) is 3.78. The Morgan fingerprint density at radius 3 is 2.44 bits per heavy atom. The molecule has 0 unspecified atom stereocenters. The molecule has 0 bridgehead atoms. The average molecular weight is 388 g/mol.